The van der Waals surface area contributed by atoms with Crippen molar-refractivity contribution in [3.8, 4) is 11.4 Å². The van der Waals surface area contributed by atoms with Crippen LogP contribution in [0.5, 0.6) is 0 Å². The number of rotatable bonds is 8. The van der Waals surface area contributed by atoms with Crippen LogP contribution in [0.25, 0.3) is 11.4 Å². The van der Waals surface area contributed by atoms with Gasteiger partial charge in [-0.15, -0.1) is 0 Å². The Hall–Kier alpha value is -2.17. The van der Waals surface area contributed by atoms with Gasteiger partial charge in [0, 0.05) is 25.0 Å². The van der Waals surface area contributed by atoms with E-state index in [1.165, 1.54) is 11.1 Å². The van der Waals surface area contributed by atoms with Gasteiger partial charge in [0.15, 0.2) is 8.32 Å². The molecule has 0 radical (unpaired) electrons. The molecule has 0 bridgehead atoms. The van der Waals surface area contributed by atoms with Crippen molar-refractivity contribution in [2.24, 2.45) is 7.05 Å². The second-order valence-corrected chi connectivity index (χ2v) is 11.8. The van der Waals surface area contributed by atoms with Crippen molar-refractivity contribution in [3.05, 3.63) is 78.1 Å². The molecule has 0 saturated carbocycles. The Kier molecular flexibility index (Phi) is 6.29. The standard InChI is InChI=1S/C23H30N2OSi/c1-5-27(6-2,7-3)26-22(19-13-9-8-10-14-19)20-15-11-12-16-21(20)23-24-17-18-25(23)4/h8-18,22H,5-7H2,1-4H3. The van der Waals surface area contributed by atoms with Crippen LogP contribution in [0, 0.1) is 0 Å². The topological polar surface area (TPSA) is 27.1 Å². The van der Waals surface area contributed by atoms with Crippen LogP contribution < -0.4 is 0 Å². The maximum Gasteiger partial charge on any atom is 0.193 e. The van der Waals surface area contributed by atoms with Crippen LogP contribution in [-0.2, 0) is 11.5 Å². The number of benzene rings is 2. The molecule has 0 N–H and O–H groups in total. The number of hydrogen-bond acceptors (Lipinski definition) is 2. The minimum atomic E-state index is -1.79. The van der Waals surface area contributed by atoms with Gasteiger partial charge in [0.2, 0.25) is 0 Å². The summed E-state index contributed by atoms with van der Waals surface area (Å²) in [6.45, 7) is 6.85. The predicted octanol–water partition coefficient (Wildman–Crippen LogP) is 6.20. The summed E-state index contributed by atoms with van der Waals surface area (Å²) in [5.74, 6) is 0.979. The summed E-state index contributed by atoms with van der Waals surface area (Å²) >= 11 is 0. The number of imidazole rings is 1. The normalized spacial score (nSPS) is 12.9. The zero-order chi connectivity index (χ0) is 19.3. The Bertz CT molecular complexity index is 847. The summed E-state index contributed by atoms with van der Waals surface area (Å²) < 4.78 is 9.11. The lowest BCUT2D eigenvalue weighted by molar-refractivity contribution is 0.230. The molecule has 0 amide bonds. The molecule has 0 spiro atoms. The van der Waals surface area contributed by atoms with E-state index in [0.717, 1.165) is 29.5 Å². The van der Waals surface area contributed by atoms with Gasteiger partial charge in [-0.1, -0.05) is 75.4 Å². The number of nitrogens with zero attached hydrogens (tertiary/aromatic N) is 2. The molecule has 0 fully saturated rings. The van der Waals surface area contributed by atoms with Crippen molar-refractivity contribution in [2.45, 2.75) is 45.0 Å². The molecule has 0 saturated heterocycles. The lowest BCUT2D eigenvalue weighted by atomic mass is 9.96. The Morgan fingerprint density at radius 2 is 1.56 bits per heavy atom. The average Bonchev–Trinajstić information content (AvgIpc) is 3.16. The molecule has 1 aromatic heterocycles. The first-order valence-corrected chi connectivity index (χ1v) is 12.5. The van der Waals surface area contributed by atoms with E-state index in [2.05, 4.69) is 84.9 Å². The first-order chi connectivity index (χ1) is 13.1. The summed E-state index contributed by atoms with van der Waals surface area (Å²) in [4.78, 5) is 4.60. The van der Waals surface area contributed by atoms with Crippen LogP contribution >= 0.6 is 0 Å². The molecule has 0 aliphatic heterocycles. The van der Waals surface area contributed by atoms with E-state index < -0.39 is 8.32 Å². The molecular formula is C23H30N2OSi. The summed E-state index contributed by atoms with van der Waals surface area (Å²) in [7, 11) is 0.248. The van der Waals surface area contributed by atoms with Crippen molar-refractivity contribution < 1.29 is 4.43 Å². The van der Waals surface area contributed by atoms with E-state index in [9.17, 15) is 0 Å². The van der Waals surface area contributed by atoms with Gasteiger partial charge in [-0.25, -0.2) is 4.98 Å². The van der Waals surface area contributed by atoms with Gasteiger partial charge in [-0.05, 0) is 29.3 Å². The van der Waals surface area contributed by atoms with Crippen molar-refractivity contribution in [1.82, 2.24) is 9.55 Å². The summed E-state index contributed by atoms with van der Waals surface area (Å²) in [6.07, 6.45) is 3.78. The zero-order valence-corrected chi connectivity index (χ0v) is 17.9. The first-order valence-electron chi connectivity index (χ1n) is 9.93. The van der Waals surface area contributed by atoms with Gasteiger partial charge in [0.1, 0.15) is 5.82 Å². The van der Waals surface area contributed by atoms with Gasteiger partial charge in [0.25, 0.3) is 0 Å². The smallest absolute Gasteiger partial charge is 0.193 e. The third-order valence-electron chi connectivity index (χ3n) is 5.71. The molecule has 3 nitrogen and oxygen atoms in total. The number of hydrogen-bond donors (Lipinski definition) is 0. The van der Waals surface area contributed by atoms with Gasteiger partial charge >= 0.3 is 0 Å². The molecule has 142 valence electrons. The minimum absolute atomic E-state index is 0.0642. The second-order valence-electron chi connectivity index (χ2n) is 7.10. The second kappa shape index (κ2) is 8.68. The quantitative estimate of drug-likeness (QED) is 0.436. The molecule has 1 unspecified atom stereocenters. The van der Waals surface area contributed by atoms with E-state index in [0.29, 0.717) is 0 Å². The predicted molar refractivity (Wildman–Crippen MR) is 115 cm³/mol. The van der Waals surface area contributed by atoms with Crippen LogP contribution in [0.2, 0.25) is 18.1 Å². The van der Waals surface area contributed by atoms with Crippen LogP contribution in [0.15, 0.2) is 67.0 Å². The number of aromatic nitrogens is 2. The lowest BCUT2D eigenvalue weighted by Crippen LogP contribution is -2.37. The summed E-state index contributed by atoms with van der Waals surface area (Å²) in [5, 5.41) is 0. The Balaban J connectivity index is 2.14. The Labute approximate surface area is 164 Å². The van der Waals surface area contributed by atoms with Crippen LogP contribution in [0.4, 0.5) is 0 Å². The van der Waals surface area contributed by atoms with Gasteiger partial charge in [0.05, 0.1) is 6.10 Å². The molecular weight excluding hydrogens is 348 g/mol. The van der Waals surface area contributed by atoms with Crippen molar-refractivity contribution in [3.63, 3.8) is 0 Å². The molecule has 0 aliphatic carbocycles. The van der Waals surface area contributed by atoms with Crippen LogP contribution in [0.1, 0.15) is 38.0 Å². The summed E-state index contributed by atoms with van der Waals surface area (Å²) in [5.41, 5.74) is 3.56. The Morgan fingerprint density at radius 3 is 2.15 bits per heavy atom. The molecule has 4 heteroatoms. The average molecular weight is 379 g/mol. The molecule has 1 atom stereocenters. The molecule has 0 aliphatic rings. The van der Waals surface area contributed by atoms with Gasteiger partial charge < -0.3 is 8.99 Å². The lowest BCUT2D eigenvalue weighted by Gasteiger charge is -2.34. The van der Waals surface area contributed by atoms with Gasteiger partial charge in [-0.3, -0.25) is 0 Å². The highest BCUT2D eigenvalue weighted by atomic mass is 28.4. The van der Waals surface area contributed by atoms with E-state index >= 15 is 0 Å². The third kappa shape index (κ3) is 4.07. The van der Waals surface area contributed by atoms with E-state index in [-0.39, 0.29) is 6.10 Å². The highest BCUT2D eigenvalue weighted by Crippen LogP contribution is 2.38. The SMILES string of the molecule is CC[Si](CC)(CC)OC(c1ccccc1)c1ccccc1-c1nccn1C. The minimum Gasteiger partial charge on any atom is -0.406 e. The Morgan fingerprint density at radius 1 is 0.926 bits per heavy atom. The number of aryl methyl sites for hydroxylation is 1. The van der Waals surface area contributed by atoms with Crippen LogP contribution in [-0.4, -0.2) is 17.9 Å². The van der Waals surface area contributed by atoms with Crippen molar-refractivity contribution in [1.29, 1.82) is 0 Å². The fourth-order valence-electron chi connectivity index (χ4n) is 3.74. The fourth-order valence-corrected chi connectivity index (χ4v) is 6.51. The van der Waals surface area contributed by atoms with Crippen molar-refractivity contribution in [2.75, 3.05) is 0 Å². The zero-order valence-electron chi connectivity index (χ0n) is 16.9. The maximum absolute atomic E-state index is 7.04. The highest BCUT2D eigenvalue weighted by Gasteiger charge is 2.34. The van der Waals surface area contributed by atoms with E-state index in [1.807, 2.05) is 19.4 Å². The highest BCUT2D eigenvalue weighted by molar-refractivity contribution is 6.73. The van der Waals surface area contributed by atoms with Crippen molar-refractivity contribution >= 4 is 8.32 Å². The van der Waals surface area contributed by atoms with Gasteiger partial charge in [-0.2, -0.15) is 0 Å². The fraction of sp³-hybridized carbons (Fsp3) is 0.348. The molecule has 1 heterocycles. The maximum atomic E-state index is 7.04. The largest absolute Gasteiger partial charge is 0.406 e. The van der Waals surface area contributed by atoms with E-state index in [4.69, 9.17) is 4.43 Å². The molecule has 3 aromatic rings. The molecule has 27 heavy (non-hydrogen) atoms. The van der Waals surface area contributed by atoms with E-state index in [1.54, 1.807) is 0 Å². The summed E-state index contributed by atoms with van der Waals surface area (Å²) in [6, 6.07) is 22.6. The monoisotopic (exact) mass is 378 g/mol. The molecule has 2 aromatic carbocycles. The van der Waals surface area contributed by atoms with Crippen LogP contribution in [0.3, 0.4) is 0 Å². The molecule has 3 rings (SSSR count). The first kappa shape index (κ1) is 19.6. The third-order valence-corrected chi connectivity index (χ3v) is 10.3.